The zero-order chi connectivity index (χ0) is 34.2. The third-order valence-electron chi connectivity index (χ3n) is 9.45. The number of aliphatic hydroxyl groups is 2. The Balaban J connectivity index is 1.13. The minimum atomic E-state index is -0.946. The third-order valence-corrected chi connectivity index (χ3v) is 9.45. The Kier molecular flexibility index (Phi) is 12.9. The minimum absolute atomic E-state index is 0.278. The van der Waals surface area contributed by atoms with Crippen molar-refractivity contribution in [2.45, 2.75) is 134 Å². The van der Waals surface area contributed by atoms with E-state index in [1.807, 2.05) is 112 Å². The molecule has 0 aliphatic carbocycles. The average molecular weight is 679 g/mol. The highest BCUT2D eigenvalue weighted by Crippen LogP contribution is 2.34. The number of ether oxygens (including phenoxy) is 8. The lowest BCUT2D eigenvalue weighted by Gasteiger charge is -2.46. The predicted octanol–water partition coefficient (Wildman–Crippen LogP) is 5.27. The average Bonchev–Trinajstić information content (AvgIpc) is 3.11. The van der Waals surface area contributed by atoms with Gasteiger partial charge in [-0.25, -0.2) is 0 Å². The van der Waals surface area contributed by atoms with Crippen molar-refractivity contribution in [3.63, 3.8) is 0 Å². The summed E-state index contributed by atoms with van der Waals surface area (Å²) in [5.41, 5.74) is 3.10. The lowest BCUT2D eigenvalue weighted by molar-refractivity contribution is -0.338. The maximum absolute atomic E-state index is 10.9. The SMILES string of the molecule is C[C@H]1O[C@@H](O[C@@H]2[C@@H](C)O[C@@H](O[C@@H]3[C@@H](C)O[C@H](O)C[C@H]3OCc3ccccc3)C[C@H]2OCc2ccccc2)C[C@@H](OCc2ccccc2)[C@@H]1O. The number of hydrogen-bond donors (Lipinski definition) is 2. The van der Waals surface area contributed by atoms with Gasteiger partial charge in [0.1, 0.15) is 18.3 Å². The van der Waals surface area contributed by atoms with Gasteiger partial charge in [0.25, 0.3) is 0 Å². The van der Waals surface area contributed by atoms with Gasteiger partial charge in [-0.15, -0.1) is 0 Å². The van der Waals surface area contributed by atoms with Gasteiger partial charge in [0.2, 0.25) is 0 Å². The molecule has 10 nitrogen and oxygen atoms in total. The van der Waals surface area contributed by atoms with Crippen LogP contribution in [0.4, 0.5) is 0 Å². The first-order valence-electron chi connectivity index (χ1n) is 17.4. The molecule has 266 valence electrons. The third kappa shape index (κ3) is 9.95. The van der Waals surface area contributed by atoms with Gasteiger partial charge in [0.05, 0.1) is 56.4 Å². The molecule has 3 heterocycles. The Morgan fingerprint density at radius 1 is 0.510 bits per heavy atom. The molecule has 0 aromatic heterocycles. The van der Waals surface area contributed by atoms with E-state index in [0.29, 0.717) is 32.7 Å². The summed E-state index contributed by atoms with van der Waals surface area (Å²) < 4.78 is 50.6. The number of hydrogen-bond acceptors (Lipinski definition) is 10. The second-order valence-electron chi connectivity index (χ2n) is 13.2. The van der Waals surface area contributed by atoms with Crippen LogP contribution in [-0.2, 0) is 57.7 Å². The smallest absolute Gasteiger partial charge is 0.161 e. The summed E-state index contributed by atoms with van der Waals surface area (Å²) in [6, 6.07) is 29.8. The molecular weight excluding hydrogens is 628 g/mol. The molecule has 49 heavy (non-hydrogen) atoms. The van der Waals surface area contributed by atoms with Crippen molar-refractivity contribution >= 4 is 0 Å². The van der Waals surface area contributed by atoms with Crippen molar-refractivity contribution in [2.24, 2.45) is 0 Å². The Morgan fingerprint density at radius 2 is 0.898 bits per heavy atom. The van der Waals surface area contributed by atoms with E-state index in [-0.39, 0.29) is 6.42 Å². The fraction of sp³-hybridized carbons (Fsp3) is 0.538. The van der Waals surface area contributed by atoms with Crippen molar-refractivity contribution < 1.29 is 48.1 Å². The second-order valence-corrected chi connectivity index (χ2v) is 13.2. The van der Waals surface area contributed by atoms with Crippen LogP contribution in [0.3, 0.4) is 0 Å². The molecule has 3 saturated heterocycles. The summed E-state index contributed by atoms with van der Waals surface area (Å²) in [5, 5.41) is 21.3. The van der Waals surface area contributed by atoms with E-state index in [2.05, 4.69) is 0 Å². The molecule has 0 bridgehead atoms. The fourth-order valence-electron chi connectivity index (χ4n) is 6.77. The van der Waals surface area contributed by atoms with Crippen LogP contribution in [0, 0.1) is 0 Å². The van der Waals surface area contributed by atoms with Gasteiger partial charge in [0.15, 0.2) is 18.9 Å². The molecule has 3 fully saturated rings. The van der Waals surface area contributed by atoms with Crippen LogP contribution < -0.4 is 0 Å². The van der Waals surface area contributed by atoms with Gasteiger partial charge in [-0.1, -0.05) is 91.0 Å². The van der Waals surface area contributed by atoms with E-state index < -0.39 is 73.8 Å². The summed E-state index contributed by atoms with van der Waals surface area (Å²) in [7, 11) is 0. The largest absolute Gasteiger partial charge is 0.388 e. The number of aliphatic hydroxyl groups excluding tert-OH is 2. The molecule has 12 atom stereocenters. The lowest BCUT2D eigenvalue weighted by atomic mass is 9.99. The summed E-state index contributed by atoms with van der Waals surface area (Å²) >= 11 is 0. The zero-order valence-electron chi connectivity index (χ0n) is 28.5. The van der Waals surface area contributed by atoms with Crippen LogP contribution >= 0.6 is 0 Å². The topological polar surface area (TPSA) is 114 Å². The number of benzene rings is 3. The summed E-state index contributed by atoms with van der Waals surface area (Å²) in [5.74, 6) is 0. The van der Waals surface area contributed by atoms with Crippen molar-refractivity contribution in [3.8, 4) is 0 Å². The molecule has 6 rings (SSSR count). The van der Waals surface area contributed by atoms with Crippen LogP contribution in [0.15, 0.2) is 91.0 Å². The monoisotopic (exact) mass is 678 g/mol. The highest BCUT2D eigenvalue weighted by molar-refractivity contribution is 5.15. The van der Waals surface area contributed by atoms with Gasteiger partial charge < -0.3 is 48.1 Å². The van der Waals surface area contributed by atoms with Crippen molar-refractivity contribution in [2.75, 3.05) is 0 Å². The maximum atomic E-state index is 10.9. The first-order valence-corrected chi connectivity index (χ1v) is 17.4. The summed E-state index contributed by atoms with van der Waals surface area (Å²) in [4.78, 5) is 0. The van der Waals surface area contributed by atoms with E-state index in [1.165, 1.54) is 0 Å². The van der Waals surface area contributed by atoms with Crippen molar-refractivity contribution in [1.82, 2.24) is 0 Å². The molecular formula is C39H50O10. The van der Waals surface area contributed by atoms with E-state index in [9.17, 15) is 10.2 Å². The zero-order valence-corrected chi connectivity index (χ0v) is 28.5. The highest BCUT2D eigenvalue weighted by atomic mass is 16.7. The Hall–Kier alpha value is -2.74. The van der Waals surface area contributed by atoms with Gasteiger partial charge in [0, 0.05) is 19.3 Å². The van der Waals surface area contributed by atoms with Gasteiger partial charge in [-0.05, 0) is 37.5 Å². The molecule has 0 spiro atoms. The quantitative estimate of drug-likeness (QED) is 0.248. The van der Waals surface area contributed by atoms with Gasteiger partial charge in [-0.3, -0.25) is 0 Å². The fourth-order valence-corrected chi connectivity index (χ4v) is 6.77. The molecule has 2 N–H and O–H groups in total. The van der Waals surface area contributed by atoms with Crippen LogP contribution in [0.5, 0.6) is 0 Å². The van der Waals surface area contributed by atoms with Gasteiger partial charge >= 0.3 is 0 Å². The normalized spacial score (nSPS) is 35.2. The lowest BCUT2D eigenvalue weighted by Crippen LogP contribution is -2.57. The van der Waals surface area contributed by atoms with Crippen LogP contribution in [-0.4, -0.2) is 84.0 Å². The standard InChI is InChI=1S/C39H50O10/c1-25-37(41)31(42-22-28-13-7-4-8-14-28)20-35(46-25)48-39-27(3)47-36(21-33(39)44-24-30-17-11-6-12-18-30)49-38-26(2)45-34(40)19-32(38)43-23-29-15-9-5-10-16-29/h4-18,25-27,31-41H,19-24H2,1-3H3/t25-,26-,27-,31-,32-,33-,34+,35+,36+,37-,38-,39-/m1/s1. The second kappa shape index (κ2) is 17.5. The van der Waals surface area contributed by atoms with E-state index in [4.69, 9.17) is 37.9 Å². The maximum Gasteiger partial charge on any atom is 0.161 e. The Morgan fingerprint density at radius 3 is 1.39 bits per heavy atom. The summed E-state index contributed by atoms with van der Waals surface area (Å²) in [6.07, 6.45) is -5.60. The number of rotatable bonds is 13. The van der Waals surface area contributed by atoms with Crippen molar-refractivity contribution in [1.29, 1.82) is 0 Å². The predicted molar refractivity (Wildman–Crippen MR) is 180 cm³/mol. The Labute approximate surface area is 289 Å². The molecule has 3 aliphatic heterocycles. The molecule has 3 aliphatic rings. The molecule has 3 aromatic carbocycles. The van der Waals surface area contributed by atoms with E-state index >= 15 is 0 Å². The molecule has 3 aromatic rings. The van der Waals surface area contributed by atoms with Gasteiger partial charge in [-0.2, -0.15) is 0 Å². The molecule has 10 heteroatoms. The molecule has 0 unspecified atom stereocenters. The minimum Gasteiger partial charge on any atom is -0.388 e. The van der Waals surface area contributed by atoms with E-state index in [1.54, 1.807) is 0 Å². The van der Waals surface area contributed by atoms with Crippen LogP contribution in [0.2, 0.25) is 0 Å². The molecule has 0 radical (unpaired) electrons. The first-order chi connectivity index (χ1) is 23.8. The van der Waals surface area contributed by atoms with Crippen LogP contribution in [0.25, 0.3) is 0 Å². The first kappa shape index (κ1) is 36.1. The molecule has 0 saturated carbocycles. The Bertz CT molecular complexity index is 1380. The van der Waals surface area contributed by atoms with Crippen molar-refractivity contribution in [3.05, 3.63) is 108 Å². The van der Waals surface area contributed by atoms with E-state index in [0.717, 1.165) is 16.7 Å². The van der Waals surface area contributed by atoms with Crippen LogP contribution in [0.1, 0.15) is 56.7 Å². The molecule has 0 amide bonds. The highest BCUT2D eigenvalue weighted by Gasteiger charge is 2.46. The summed E-state index contributed by atoms with van der Waals surface area (Å²) in [6.45, 7) is 6.79.